The van der Waals surface area contributed by atoms with Crippen molar-refractivity contribution in [1.29, 1.82) is 0 Å². The molecule has 1 saturated heterocycles. The molecule has 0 spiro atoms. The lowest BCUT2D eigenvalue weighted by Crippen LogP contribution is -2.29. The van der Waals surface area contributed by atoms with Gasteiger partial charge in [-0.3, -0.25) is 9.59 Å². The molecule has 0 unspecified atom stereocenters. The fraction of sp³-hybridized carbons (Fsp3) is 0.167. The summed E-state index contributed by atoms with van der Waals surface area (Å²) in [6.45, 7) is 2.41. The number of ketones is 1. The highest BCUT2D eigenvalue weighted by molar-refractivity contribution is 6.46. The van der Waals surface area contributed by atoms with Gasteiger partial charge in [0, 0.05) is 5.56 Å². The molecule has 2 heterocycles. The molecule has 1 aromatic heterocycles. The van der Waals surface area contributed by atoms with E-state index in [1.54, 1.807) is 54.6 Å². The molecule has 8 heteroatoms. The van der Waals surface area contributed by atoms with Gasteiger partial charge in [-0.1, -0.05) is 29.3 Å². The number of carbonyl (C=O) groups excluding carboxylic acids is 2. The Morgan fingerprint density at radius 1 is 1.09 bits per heavy atom. The van der Waals surface area contributed by atoms with E-state index in [2.05, 4.69) is 0 Å². The summed E-state index contributed by atoms with van der Waals surface area (Å²) in [4.78, 5) is 27.4. The SMILES string of the molecule is CCOc1ccc(C(O)=C2C(=O)C(=O)N(Cc3ccco3)[C@@H]2c2ccc(Cl)c(Cl)c2)cc1. The van der Waals surface area contributed by atoms with Crippen molar-refractivity contribution in [1.82, 2.24) is 4.90 Å². The van der Waals surface area contributed by atoms with Gasteiger partial charge in [0.15, 0.2) is 0 Å². The number of halogens is 2. The Morgan fingerprint density at radius 2 is 1.84 bits per heavy atom. The van der Waals surface area contributed by atoms with E-state index in [0.717, 1.165) is 0 Å². The molecule has 1 fully saturated rings. The fourth-order valence-corrected chi connectivity index (χ4v) is 3.98. The number of carbonyl (C=O) groups is 2. The summed E-state index contributed by atoms with van der Waals surface area (Å²) in [5.41, 5.74) is 0.885. The molecule has 2 aromatic carbocycles. The van der Waals surface area contributed by atoms with Crippen molar-refractivity contribution < 1.29 is 23.8 Å². The van der Waals surface area contributed by atoms with Gasteiger partial charge < -0.3 is 19.2 Å². The maximum absolute atomic E-state index is 13.0. The molecule has 0 aliphatic carbocycles. The second kappa shape index (κ2) is 9.10. The number of Topliss-reactive ketones (excluding diaryl/α,β-unsaturated/α-hetero) is 1. The smallest absolute Gasteiger partial charge is 0.296 e. The first-order valence-corrected chi connectivity index (χ1v) is 10.6. The van der Waals surface area contributed by atoms with Crippen molar-refractivity contribution in [2.45, 2.75) is 19.5 Å². The second-order valence-electron chi connectivity index (χ2n) is 7.14. The monoisotopic (exact) mass is 471 g/mol. The van der Waals surface area contributed by atoms with E-state index >= 15 is 0 Å². The van der Waals surface area contributed by atoms with Gasteiger partial charge in [0.2, 0.25) is 0 Å². The number of hydrogen-bond donors (Lipinski definition) is 1. The Morgan fingerprint density at radius 3 is 2.47 bits per heavy atom. The Labute approximate surface area is 194 Å². The molecule has 1 aliphatic rings. The number of hydrogen-bond acceptors (Lipinski definition) is 5. The molecular formula is C24H19Cl2NO5. The molecule has 164 valence electrons. The highest BCUT2D eigenvalue weighted by Crippen LogP contribution is 2.41. The number of furan rings is 1. The van der Waals surface area contributed by atoms with E-state index in [-0.39, 0.29) is 22.9 Å². The molecule has 0 saturated carbocycles. The maximum atomic E-state index is 13.0. The lowest BCUT2D eigenvalue weighted by molar-refractivity contribution is -0.140. The number of amides is 1. The highest BCUT2D eigenvalue weighted by atomic mass is 35.5. The zero-order valence-corrected chi connectivity index (χ0v) is 18.6. The zero-order valence-electron chi connectivity index (χ0n) is 17.0. The summed E-state index contributed by atoms with van der Waals surface area (Å²) in [7, 11) is 0. The van der Waals surface area contributed by atoms with Crippen LogP contribution in [0.4, 0.5) is 0 Å². The average molecular weight is 472 g/mol. The molecule has 32 heavy (non-hydrogen) atoms. The van der Waals surface area contributed by atoms with Crippen LogP contribution in [0.5, 0.6) is 5.75 Å². The average Bonchev–Trinajstić information content (AvgIpc) is 3.38. The fourth-order valence-electron chi connectivity index (χ4n) is 3.67. The summed E-state index contributed by atoms with van der Waals surface area (Å²) < 4.78 is 10.8. The summed E-state index contributed by atoms with van der Waals surface area (Å²) >= 11 is 12.3. The minimum atomic E-state index is -0.874. The van der Waals surface area contributed by atoms with Crippen molar-refractivity contribution in [3.05, 3.63) is 93.4 Å². The van der Waals surface area contributed by atoms with Crippen LogP contribution in [-0.4, -0.2) is 28.3 Å². The van der Waals surface area contributed by atoms with Crippen molar-refractivity contribution >= 4 is 40.7 Å². The summed E-state index contributed by atoms with van der Waals surface area (Å²) in [6.07, 6.45) is 1.49. The van der Waals surface area contributed by atoms with Crippen LogP contribution in [0.1, 0.15) is 29.9 Å². The van der Waals surface area contributed by atoms with Crippen molar-refractivity contribution in [3.63, 3.8) is 0 Å². The number of likely N-dealkylation sites (tertiary alicyclic amines) is 1. The normalized spacial score (nSPS) is 17.7. The first-order valence-electron chi connectivity index (χ1n) is 9.89. The van der Waals surface area contributed by atoms with Crippen LogP contribution >= 0.6 is 23.2 Å². The van der Waals surface area contributed by atoms with Crippen LogP contribution in [-0.2, 0) is 16.1 Å². The molecular weight excluding hydrogens is 453 g/mol. The minimum absolute atomic E-state index is 0.0379. The molecule has 0 bridgehead atoms. The first-order chi connectivity index (χ1) is 15.4. The molecule has 0 radical (unpaired) electrons. The van der Waals surface area contributed by atoms with E-state index in [1.807, 2.05) is 6.92 Å². The summed E-state index contributed by atoms with van der Waals surface area (Å²) in [6, 6.07) is 14.0. The van der Waals surface area contributed by atoms with Crippen LogP contribution in [0.3, 0.4) is 0 Å². The van der Waals surface area contributed by atoms with Crippen LogP contribution in [0.25, 0.3) is 5.76 Å². The van der Waals surface area contributed by atoms with Gasteiger partial charge >= 0.3 is 0 Å². The molecule has 4 rings (SSSR count). The molecule has 6 nitrogen and oxygen atoms in total. The third-order valence-corrected chi connectivity index (χ3v) is 5.88. The molecule has 1 aliphatic heterocycles. The zero-order chi connectivity index (χ0) is 22.8. The maximum Gasteiger partial charge on any atom is 0.296 e. The van der Waals surface area contributed by atoms with Crippen LogP contribution in [0.2, 0.25) is 10.0 Å². The third-order valence-electron chi connectivity index (χ3n) is 5.14. The minimum Gasteiger partial charge on any atom is -0.507 e. The molecule has 3 aromatic rings. The standard InChI is InChI=1S/C24H19Cl2NO5/c1-2-31-16-8-5-14(6-9-16)22(28)20-21(15-7-10-18(25)19(26)12-15)27(24(30)23(20)29)13-17-4-3-11-32-17/h3-12,21,28H,2,13H2,1H3/t21-/m1/s1. The van der Waals surface area contributed by atoms with Gasteiger partial charge in [-0.15, -0.1) is 0 Å². The number of aliphatic hydroxyl groups excluding tert-OH is 1. The Bertz CT molecular complexity index is 1190. The Balaban J connectivity index is 1.84. The first kappa shape index (κ1) is 22.0. The predicted molar refractivity (Wildman–Crippen MR) is 121 cm³/mol. The van der Waals surface area contributed by atoms with Gasteiger partial charge in [0.1, 0.15) is 17.3 Å². The van der Waals surface area contributed by atoms with Gasteiger partial charge in [-0.25, -0.2) is 0 Å². The largest absolute Gasteiger partial charge is 0.507 e. The predicted octanol–water partition coefficient (Wildman–Crippen LogP) is 5.61. The van der Waals surface area contributed by atoms with Crippen LogP contribution in [0.15, 0.2) is 70.9 Å². The molecule has 1 N–H and O–H groups in total. The van der Waals surface area contributed by atoms with Crippen LogP contribution < -0.4 is 4.74 Å². The number of nitrogens with zero attached hydrogens (tertiary/aromatic N) is 1. The second-order valence-corrected chi connectivity index (χ2v) is 7.95. The van der Waals surface area contributed by atoms with Gasteiger partial charge in [0.25, 0.3) is 11.7 Å². The number of aliphatic hydroxyl groups is 1. The van der Waals surface area contributed by atoms with E-state index < -0.39 is 17.7 Å². The van der Waals surface area contributed by atoms with Crippen molar-refractivity contribution in [2.75, 3.05) is 6.61 Å². The Kier molecular flexibility index (Phi) is 6.26. The van der Waals surface area contributed by atoms with Gasteiger partial charge in [0.05, 0.1) is 41.1 Å². The van der Waals surface area contributed by atoms with Gasteiger partial charge in [-0.2, -0.15) is 0 Å². The van der Waals surface area contributed by atoms with Crippen LogP contribution in [0, 0.1) is 0 Å². The summed E-state index contributed by atoms with van der Waals surface area (Å²) in [5, 5.41) is 11.7. The molecule has 1 atom stereocenters. The van der Waals surface area contributed by atoms with E-state index in [4.69, 9.17) is 32.4 Å². The van der Waals surface area contributed by atoms with Crippen molar-refractivity contribution in [3.8, 4) is 5.75 Å². The topological polar surface area (TPSA) is 80.0 Å². The van der Waals surface area contributed by atoms with Crippen molar-refractivity contribution in [2.24, 2.45) is 0 Å². The lowest BCUT2D eigenvalue weighted by atomic mass is 9.95. The highest BCUT2D eigenvalue weighted by Gasteiger charge is 2.46. The van der Waals surface area contributed by atoms with E-state index in [1.165, 1.54) is 11.2 Å². The third kappa shape index (κ3) is 4.11. The summed E-state index contributed by atoms with van der Waals surface area (Å²) in [5.74, 6) is -0.699. The van der Waals surface area contributed by atoms with Gasteiger partial charge in [-0.05, 0) is 61.0 Å². The van der Waals surface area contributed by atoms with E-state index in [0.29, 0.717) is 34.3 Å². The number of benzene rings is 2. The van der Waals surface area contributed by atoms with E-state index in [9.17, 15) is 14.7 Å². The lowest BCUT2D eigenvalue weighted by Gasteiger charge is -2.24. The Hall–Kier alpha value is -3.22. The quantitative estimate of drug-likeness (QED) is 0.287. The molecule has 1 amide bonds. The number of rotatable bonds is 6. The number of ether oxygens (including phenoxy) is 1.